The van der Waals surface area contributed by atoms with Gasteiger partial charge in [-0.2, -0.15) is 0 Å². The SMILES string of the molecule is CC/C=C/C(CC)CC(=O)N[C@H](CCC=O)C(=O)O. The number of amides is 1. The minimum atomic E-state index is -1.10. The first-order chi connectivity index (χ1) is 9.04. The van der Waals surface area contributed by atoms with Crippen LogP contribution in [0.4, 0.5) is 0 Å². The highest BCUT2D eigenvalue weighted by Gasteiger charge is 2.20. The normalized spacial score (nSPS) is 14.0. The van der Waals surface area contributed by atoms with E-state index in [9.17, 15) is 14.4 Å². The summed E-state index contributed by atoms with van der Waals surface area (Å²) in [4.78, 5) is 32.9. The molecule has 2 atom stereocenters. The minimum absolute atomic E-state index is 0.125. The largest absolute Gasteiger partial charge is 0.480 e. The number of carboxylic acids is 1. The predicted octanol–water partition coefficient (Wildman–Crippen LogP) is 1.92. The highest BCUT2D eigenvalue weighted by atomic mass is 16.4. The van der Waals surface area contributed by atoms with Crippen molar-refractivity contribution in [3.63, 3.8) is 0 Å². The standard InChI is InChI=1S/C14H23NO4/c1-3-5-7-11(4-2)10-13(17)15-12(14(18)19)8-6-9-16/h5,7,9,11-12H,3-4,6,8,10H2,1-2H3,(H,15,17)(H,18,19)/b7-5+/t11?,12-/m1/s1. The number of hydrogen-bond acceptors (Lipinski definition) is 3. The third-order valence-corrected chi connectivity index (χ3v) is 2.82. The Balaban J connectivity index is 4.34. The van der Waals surface area contributed by atoms with E-state index in [4.69, 9.17) is 5.11 Å². The van der Waals surface area contributed by atoms with E-state index in [0.717, 1.165) is 12.8 Å². The molecule has 5 heteroatoms. The van der Waals surface area contributed by atoms with Crippen LogP contribution in [-0.2, 0) is 14.4 Å². The average Bonchev–Trinajstić information content (AvgIpc) is 2.38. The van der Waals surface area contributed by atoms with E-state index in [1.165, 1.54) is 0 Å². The summed E-state index contributed by atoms with van der Waals surface area (Å²) >= 11 is 0. The van der Waals surface area contributed by atoms with Gasteiger partial charge in [0.1, 0.15) is 12.3 Å². The molecule has 0 aliphatic rings. The maximum Gasteiger partial charge on any atom is 0.326 e. The minimum Gasteiger partial charge on any atom is -0.480 e. The fourth-order valence-electron chi connectivity index (χ4n) is 1.66. The van der Waals surface area contributed by atoms with Crippen molar-refractivity contribution < 1.29 is 19.5 Å². The number of rotatable bonds is 10. The van der Waals surface area contributed by atoms with Gasteiger partial charge in [0, 0.05) is 12.8 Å². The molecule has 1 amide bonds. The van der Waals surface area contributed by atoms with E-state index in [1.54, 1.807) is 0 Å². The van der Waals surface area contributed by atoms with Crippen molar-refractivity contribution in [2.75, 3.05) is 0 Å². The van der Waals surface area contributed by atoms with Gasteiger partial charge in [0.15, 0.2) is 0 Å². The van der Waals surface area contributed by atoms with Gasteiger partial charge in [0.05, 0.1) is 0 Å². The van der Waals surface area contributed by atoms with Crippen LogP contribution in [0.25, 0.3) is 0 Å². The molecule has 0 aromatic rings. The molecule has 0 aliphatic heterocycles. The third kappa shape index (κ3) is 8.13. The number of carbonyl (C=O) groups is 3. The third-order valence-electron chi connectivity index (χ3n) is 2.82. The molecule has 0 rings (SSSR count). The molecule has 0 aliphatic carbocycles. The van der Waals surface area contributed by atoms with Gasteiger partial charge >= 0.3 is 5.97 Å². The molecule has 0 bridgehead atoms. The molecule has 0 saturated carbocycles. The number of allylic oxidation sites excluding steroid dienone is 2. The zero-order valence-corrected chi connectivity index (χ0v) is 11.6. The number of hydrogen-bond donors (Lipinski definition) is 2. The van der Waals surface area contributed by atoms with Crippen LogP contribution in [-0.4, -0.2) is 29.3 Å². The first kappa shape index (κ1) is 17.4. The topological polar surface area (TPSA) is 83.5 Å². The Labute approximate surface area is 114 Å². The van der Waals surface area contributed by atoms with E-state index in [-0.39, 0.29) is 31.1 Å². The van der Waals surface area contributed by atoms with Crippen LogP contribution >= 0.6 is 0 Å². The molecular formula is C14H23NO4. The number of aldehydes is 1. The second-order valence-electron chi connectivity index (χ2n) is 4.41. The number of nitrogens with one attached hydrogen (secondary N) is 1. The second-order valence-corrected chi connectivity index (χ2v) is 4.41. The quantitative estimate of drug-likeness (QED) is 0.469. The van der Waals surface area contributed by atoms with Crippen molar-refractivity contribution in [2.24, 2.45) is 5.92 Å². The Morgan fingerprint density at radius 3 is 2.47 bits per heavy atom. The van der Waals surface area contributed by atoms with Crippen molar-refractivity contribution in [1.29, 1.82) is 0 Å². The van der Waals surface area contributed by atoms with Gasteiger partial charge in [0.2, 0.25) is 5.91 Å². The molecule has 108 valence electrons. The van der Waals surface area contributed by atoms with Crippen molar-refractivity contribution >= 4 is 18.2 Å². The Morgan fingerprint density at radius 2 is 2.00 bits per heavy atom. The lowest BCUT2D eigenvalue weighted by Gasteiger charge is -2.15. The van der Waals surface area contributed by atoms with Crippen LogP contribution in [0.15, 0.2) is 12.2 Å². The van der Waals surface area contributed by atoms with Crippen LogP contribution in [0.5, 0.6) is 0 Å². The summed E-state index contributed by atoms with van der Waals surface area (Å²) in [7, 11) is 0. The van der Waals surface area contributed by atoms with Crippen molar-refractivity contribution in [1.82, 2.24) is 5.32 Å². The van der Waals surface area contributed by atoms with E-state index >= 15 is 0 Å². The Bertz CT molecular complexity index is 325. The monoisotopic (exact) mass is 269 g/mol. The highest BCUT2D eigenvalue weighted by molar-refractivity contribution is 5.83. The zero-order valence-electron chi connectivity index (χ0n) is 11.6. The summed E-state index contributed by atoms with van der Waals surface area (Å²) in [6.07, 6.45) is 6.92. The molecule has 0 heterocycles. The lowest BCUT2D eigenvalue weighted by molar-refractivity contribution is -0.142. The van der Waals surface area contributed by atoms with Crippen molar-refractivity contribution in [3.05, 3.63) is 12.2 Å². The molecule has 0 aromatic carbocycles. The van der Waals surface area contributed by atoms with Gasteiger partial charge in [-0.25, -0.2) is 4.79 Å². The van der Waals surface area contributed by atoms with Crippen molar-refractivity contribution in [2.45, 2.75) is 52.0 Å². The maximum atomic E-state index is 11.8. The highest BCUT2D eigenvalue weighted by Crippen LogP contribution is 2.11. The summed E-state index contributed by atoms with van der Waals surface area (Å²) in [5.41, 5.74) is 0. The van der Waals surface area contributed by atoms with Crippen LogP contribution in [0, 0.1) is 5.92 Å². The Kier molecular flexibility index (Phi) is 9.40. The van der Waals surface area contributed by atoms with Crippen LogP contribution in [0.1, 0.15) is 46.0 Å². The average molecular weight is 269 g/mol. The lowest BCUT2D eigenvalue weighted by Crippen LogP contribution is -2.41. The van der Waals surface area contributed by atoms with E-state index in [1.807, 2.05) is 26.0 Å². The molecule has 0 fully saturated rings. The van der Waals surface area contributed by atoms with Gasteiger partial charge in [-0.15, -0.1) is 0 Å². The molecular weight excluding hydrogens is 246 g/mol. The molecule has 5 nitrogen and oxygen atoms in total. The zero-order chi connectivity index (χ0) is 14.7. The van der Waals surface area contributed by atoms with E-state index in [0.29, 0.717) is 6.29 Å². The van der Waals surface area contributed by atoms with E-state index < -0.39 is 12.0 Å². The van der Waals surface area contributed by atoms with Gasteiger partial charge in [-0.05, 0) is 25.2 Å². The van der Waals surface area contributed by atoms with Gasteiger partial charge < -0.3 is 15.2 Å². The lowest BCUT2D eigenvalue weighted by atomic mass is 10.0. The number of carbonyl (C=O) groups excluding carboxylic acids is 2. The summed E-state index contributed by atoms with van der Waals surface area (Å²) in [6.45, 7) is 4.00. The fraction of sp³-hybridized carbons (Fsp3) is 0.643. The van der Waals surface area contributed by atoms with Crippen LogP contribution in [0.3, 0.4) is 0 Å². The van der Waals surface area contributed by atoms with Gasteiger partial charge in [-0.3, -0.25) is 4.79 Å². The fourth-order valence-corrected chi connectivity index (χ4v) is 1.66. The molecule has 0 aromatic heterocycles. The van der Waals surface area contributed by atoms with Crippen LogP contribution < -0.4 is 5.32 Å². The van der Waals surface area contributed by atoms with E-state index in [2.05, 4.69) is 5.32 Å². The molecule has 0 spiro atoms. The summed E-state index contributed by atoms with van der Waals surface area (Å²) in [5, 5.41) is 11.4. The summed E-state index contributed by atoms with van der Waals surface area (Å²) in [5.74, 6) is -1.27. The van der Waals surface area contributed by atoms with Crippen LogP contribution in [0.2, 0.25) is 0 Å². The smallest absolute Gasteiger partial charge is 0.326 e. The van der Waals surface area contributed by atoms with Gasteiger partial charge in [-0.1, -0.05) is 26.0 Å². The maximum absolute atomic E-state index is 11.8. The molecule has 1 unspecified atom stereocenters. The first-order valence-corrected chi connectivity index (χ1v) is 6.67. The summed E-state index contributed by atoms with van der Waals surface area (Å²) in [6, 6.07) is -0.981. The van der Waals surface area contributed by atoms with Gasteiger partial charge in [0.25, 0.3) is 0 Å². The number of aliphatic carboxylic acids is 1. The Morgan fingerprint density at radius 1 is 1.32 bits per heavy atom. The molecule has 2 N–H and O–H groups in total. The number of carboxylic acid groups (broad SMARTS) is 1. The molecule has 0 radical (unpaired) electrons. The predicted molar refractivity (Wildman–Crippen MR) is 72.7 cm³/mol. The molecule has 19 heavy (non-hydrogen) atoms. The van der Waals surface area contributed by atoms with Crippen molar-refractivity contribution in [3.8, 4) is 0 Å². The Hall–Kier alpha value is -1.65. The molecule has 0 saturated heterocycles. The second kappa shape index (κ2) is 10.3. The first-order valence-electron chi connectivity index (χ1n) is 6.67. The summed E-state index contributed by atoms with van der Waals surface area (Å²) < 4.78 is 0.